The van der Waals surface area contributed by atoms with E-state index in [0.29, 0.717) is 6.10 Å². The van der Waals surface area contributed by atoms with Crippen molar-refractivity contribution in [1.29, 1.82) is 0 Å². The van der Waals surface area contributed by atoms with E-state index in [9.17, 15) is 0 Å². The monoisotopic (exact) mass is 414 g/mol. The van der Waals surface area contributed by atoms with Crippen molar-refractivity contribution in [2.24, 2.45) is 4.99 Å². The molecule has 2 heterocycles. The molecule has 0 saturated carbocycles. The van der Waals surface area contributed by atoms with Crippen molar-refractivity contribution < 1.29 is 4.74 Å². The maximum absolute atomic E-state index is 6.12. The number of hydrogen-bond acceptors (Lipinski definition) is 4. The molecule has 2 aromatic rings. The van der Waals surface area contributed by atoms with E-state index < -0.39 is 0 Å². The van der Waals surface area contributed by atoms with Crippen LogP contribution in [0.1, 0.15) is 36.6 Å². The van der Waals surface area contributed by atoms with Crippen LogP contribution < -0.4 is 10.6 Å². The number of nitrogens with zero attached hydrogens (tertiary/aromatic N) is 2. The van der Waals surface area contributed by atoms with E-state index in [2.05, 4.69) is 75.3 Å². The Morgan fingerprint density at radius 2 is 1.97 bits per heavy atom. The summed E-state index contributed by atoms with van der Waals surface area (Å²) in [5.74, 6) is 0.884. The van der Waals surface area contributed by atoms with Crippen LogP contribution >= 0.6 is 11.3 Å². The third kappa shape index (κ3) is 8.17. The van der Waals surface area contributed by atoms with Gasteiger partial charge in [0.05, 0.1) is 12.6 Å². The highest BCUT2D eigenvalue weighted by Crippen LogP contribution is 2.16. The predicted octanol–water partition coefficient (Wildman–Crippen LogP) is 3.87. The van der Waals surface area contributed by atoms with Crippen LogP contribution in [0.3, 0.4) is 0 Å². The van der Waals surface area contributed by atoms with Gasteiger partial charge in [0.15, 0.2) is 5.96 Å². The van der Waals surface area contributed by atoms with Gasteiger partial charge >= 0.3 is 0 Å². The molecule has 6 heteroatoms. The minimum Gasteiger partial charge on any atom is -0.378 e. The summed E-state index contributed by atoms with van der Waals surface area (Å²) in [7, 11) is 0. The van der Waals surface area contributed by atoms with Crippen molar-refractivity contribution in [2.75, 3.05) is 32.8 Å². The third-order valence-corrected chi connectivity index (χ3v) is 5.93. The van der Waals surface area contributed by atoms with Crippen molar-refractivity contribution in [1.82, 2.24) is 15.5 Å². The molecule has 158 valence electrons. The fourth-order valence-corrected chi connectivity index (χ4v) is 4.13. The highest BCUT2D eigenvalue weighted by Gasteiger charge is 2.19. The van der Waals surface area contributed by atoms with Crippen LogP contribution in [0.2, 0.25) is 0 Å². The second-order valence-corrected chi connectivity index (χ2v) is 8.42. The molecule has 0 aliphatic carbocycles. The predicted molar refractivity (Wildman–Crippen MR) is 122 cm³/mol. The lowest BCUT2D eigenvalue weighted by molar-refractivity contribution is 0.00534. The first-order chi connectivity index (χ1) is 14.3. The van der Waals surface area contributed by atoms with Crippen LogP contribution in [0.4, 0.5) is 0 Å². The normalized spacial score (nSPS) is 16.1. The molecule has 1 fully saturated rings. The molecule has 3 rings (SSSR count). The minimum absolute atomic E-state index is 0.405. The highest BCUT2D eigenvalue weighted by atomic mass is 32.1. The van der Waals surface area contributed by atoms with Gasteiger partial charge in [-0.25, -0.2) is 4.99 Å². The van der Waals surface area contributed by atoms with Crippen LogP contribution in [-0.4, -0.2) is 49.7 Å². The van der Waals surface area contributed by atoms with Gasteiger partial charge in [0, 0.05) is 44.2 Å². The Morgan fingerprint density at radius 3 is 2.69 bits per heavy atom. The fraction of sp³-hybridized carbons (Fsp3) is 0.522. The standard InChI is InChI=1S/C23H34N4OS/c1-2-24-23(26-18-22-10-6-17-29-22)25-13-7-16-28-21-11-14-27(15-12-21)19-20-8-4-3-5-9-20/h3-6,8-10,17,21H,2,7,11-16,18-19H2,1H3,(H2,24,25,26). The molecule has 0 bridgehead atoms. The Labute approximate surface area is 179 Å². The van der Waals surface area contributed by atoms with Crippen LogP contribution in [-0.2, 0) is 17.8 Å². The van der Waals surface area contributed by atoms with E-state index in [-0.39, 0.29) is 0 Å². The Hall–Kier alpha value is -1.89. The van der Waals surface area contributed by atoms with Gasteiger partial charge in [-0.05, 0) is 43.2 Å². The second-order valence-electron chi connectivity index (χ2n) is 7.39. The smallest absolute Gasteiger partial charge is 0.191 e. The largest absolute Gasteiger partial charge is 0.378 e. The maximum atomic E-state index is 6.12. The molecule has 1 aromatic carbocycles. The van der Waals surface area contributed by atoms with Crippen molar-refractivity contribution in [2.45, 2.75) is 45.4 Å². The molecule has 1 saturated heterocycles. The van der Waals surface area contributed by atoms with Crippen LogP contribution in [0, 0.1) is 0 Å². The van der Waals surface area contributed by atoms with E-state index in [0.717, 1.165) is 71.1 Å². The topological polar surface area (TPSA) is 48.9 Å². The van der Waals surface area contributed by atoms with Crippen molar-refractivity contribution in [3.63, 3.8) is 0 Å². The molecule has 0 unspecified atom stereocenters. The zero-order valence-corrected chi connectivity index (χ0v) is 18.3. The number of benzene rings is 1. The van der Waals surface area contributed by atoms with Crippen LogP contribution in [0.15, 0.2) is 52.8 Å². The molecule has 1 aromatic heterocycles. The number of thiophene rings is 1. The molecule has 5 nitrogen and oxygen atoms in total. The maximum Gasteiger partial charge on any atom is 0.191 e. The molecule has 0 spiro atoms. The SMILES string of the molecule is CCNC(=NCc1cccs1)NCCCOC1CCN(Cc2ccccc2)CC1. The summed E-state index contributed by atoms with van der Waals surface area (Å²) >= 11 is 1.75. The van der Waals surface area contributed by atoms with E-state index in [1.54, 1.807) is 11.3 Å². The summed E-state index contributed by atoms with van der Waals surface area (Å²) in [6.07, 6.45) is 3.66. The van der Waals surface area contributed by atoms with Gasteiger partial charge in [0.2, 0.25) is 0 Å². The number of aliphatic imine (C=N–C) groups is 1. The van der Waals surface area contributed by atoms with Gasteiger partial charge in [-0.15, -0.1) is 11.3 Å². The Bertz CT molecular complexity index is 697. The van der Waals surface area contributed by atoms with Gasteiger partial charge in [0.25, 0.3) is 0 Å². The summed E-state index contributed by atoms with van der Waals surface area (Å²) in [4.78, 5) is 8.46. The van der Waals surface area contributed by atoms with E-state index >= 15 is 0 Å². The Morgan fingerprint density at radius 1 is 1.14 bits per heavy atom. The molecular weight excluding hydrogens is 380 g/mol. The summed E-state index contributed by atoms with van der Waals surface area (Å²) in [6.45, 7) is 8.67. The van der Waals surface area contributed by atoms with Gasteiger partial charge in [-0.2, -0.15) is 0 Å². The average molecular weight is 415 g/mol. The summed E-state index contributed by atoms with van der Waals surface area (Å²) in [6, 6.07) is 14.9. The lowest BCUT2D eigenvalue weighted by Gasteiger charge is -2.32. The highest BCUT2D eigenvalue weighted by molar-refractivity contribution is 7.09. The lowest BCUT2D eigenvalue weighted by Crippen LogP contribution is -2.38. The molecular formula is C23H34N4OS. The zero-order valence-electron chi connectivity index (χ0n) is 17.5. The first-order valence-electron chi connectivity index (χ1n) is 10.8. The van der Waals surface area contributed by atoms with Crippen LogP contribution in [0.25, 0.3) is 0 Å². The summed E-state index contributed by atoms with van der Waals surface area (Å²) in [5, 5.41) is 8.81. The van der Waals surface area contributed by atoms with E-state index in [1.807, 2.05) is 0 Å². The van der Waals surface area contributed by atoms with Crippen LogP contribution in [0.5, 0.6) is 0 Å². The number of piperidine rings is 1. The molecule has 2 N–H and O–H groups in total. The number of likely N-dealkylation sites (tertiary alicyclic amines) is 1. The summed E-state index contributed by atoms with van der Waals surface area (Å²) < 4.78 is 6.12. The number of ether oxygens (including phenoxy) is 1. The van der Waals surface area contributed by atoms with Crippen molar-refractivity contribution in [3.05, 3.63) is 58.3 Å². The van der Waals surface area contributed by atoms with E-state index in [1.165, 1.54) is 10.4 Å². The molecule has 0 radical (unpaired) electrons. The fourth-order valence-electron chi connectivity index (χ4n) is 3.51. The Balaban J connectivity index is 1.27. The van der Waals surface area contributed by atoms with Gasteiger partial charge in [0.1, 0.15) is 0 Å². The van der Waals surface area contributed by atoms with Crippen molar-refractivity contribution >= 4 is 17.3 Å². The number of hydrogen-bond donors (Lipinski definition) is 2. The number of guanidine groups is 1. The van der Waals surface area contributed by atoms with Gasteiger partial charge in [-0.1, -0.05) is 36.4 Å². The first kappa shape index (κ1) is 21.8. The van der Waals surface area contributed by atoms with Gasteiger partial charge < -0.3 is 15.4 Å². The molecule has 0 amide bonds. The van der Waals surface area contributed by atoms with Crippen molar-refractivity contribution in [3.8, 4) is 0 Å². The molecule has 29 heavy (non-hydrogen) atoms. The molecule has 1 aliphatic heterocycles. The lowest BCUT2D eigenvalue weighted by atomic mass is 10.1. The second kappa shape index (κ2) is 12.6. The number of nitrogens with one attached hydrogen (secondary N) is 2. The third-order valence-electron chi connectivity index (χ3n) is 5.07. The number of rotatable bonds is 10. The van der Waals surface area contributed by atoms with Gasteiger partial charge in [-0.3, -0.25) is 4.90 Å². The first-order valence-corrected chi connectivity index (χ1v) is 11.6. The average Bonchev–Trinajstić information content (AvgIpc) is 3.27. The quantitative estimate of drug-likeness (QED) is 0.352. The molecule has 0 atom stereocenters. The minimum atomic E-state index is 0.405. The summed E-state index contributed by atoms with van der Waals surface area (Å²) in [5.41, 5.74) is 1.40. The zero-order chi connectivity index (χ0) is 20.2. The Kier molecular flexibility index (Phi) is 9.50. The van der Waals surface area contributed by atoms with E-state index in [4.69, 9.17) is 4.74 Å². The molecule has 1 aliphatic rings.